The second kappa shape index (κ2) is 8.27. The molecule has 0 aliphatic carbocycles. The van der Waals surface area contributed by atoms with Crippen molar-refractivity contribution >= 4 is 17.4 Å². The number of aromatic nitrogens is 3. The van der Waals surface area contributed by atoms with E-state index >= 15 is 0 Å². The highest BCUT2D eigenvalue weighted by Crippen LogP contribution is 2.26. The summed E-state index contributed by atoms with van der Waals surface area (Å²) in [4.78, 5) is 26.5. The van der Waals surface area contributed by atoms with E-state index in [1.165, 1.54) is 10.7 Å². The van der Waals surface area contributed by atoms with E-state index in [1.807, 2.05) is 20.8 Å². The van der Waals surface area contributed by atoms with Gasteiger partial charge in [-0.05, 0) is 18.2 Å². The van der Waals surface area contributed by atoms with E-state index in [-0.39, 0.29) is 11.2 Å². The summed E-state index contributed by atoms with van der Waals surface area (Å²) in [6.45, 7) is 5.57. The van der Waals surface area contributed by atoms with Gasteiger partial charge in [-0.1, -0.05) is 26.8 Å². The van der Waals surface area contributed by atoms with Crippen LogP contribution in [0.25, 0.3) is 5.82 Å². The Bertz CT molecular complexity index is 1080. The Balaban J connectivity index is 1.75. The molecule has 1 aromatic carbocycles. The first kappa shape index (κ1) is 20.9. The van der Waals surface area contributed by atoms with Crippen molar-refractivity contribution in [3.63, 3.8) is 0 Å². The van der Waals surface area contributed by atoms with Crippen molar-refractivity contribution in [2.75, 3.05) is 11.9 Å². The molecule has 0 atom stereocenters. The third-order valence-corrected chi connectivity index (χ3v) is 4.10. The summed E-state index contributed by atoms with van der Waals surface area (Å²) >= 11 is 0. The molecule has 1 N–H and O–H groups in total. The van der Waals surface area contributed by atoms with E-state index in [0.29, 0.717) is 11.6 Å². The second-order valence-electron chi connectivity index (χ2n) is 7.47. The van der Waals surface area contributed by atoms with Crippen molar-refractivity contribution < 1.29 is 18.8 Å². The lowest BCUT2D eigenvalue weighted by Crippen LogP contribution is -2.22. The van der Waals surface area contributed by atoms with Crippen molar-refractivity contribution in [3.05, 3.63) is 70.3 Å². The normalized spacial score (nSPS) is 11.2. The quantitative estimate of drug-likeness (QED) is 0.488. The molecular formula is C20H20FN5O4. The maximum Gasteiger partial charge on any atom is 0.305 e. The highest BCUT2D eigenvalue weighted by atomic mass is 19.1. The van der Waals surface area contributed by atoms with E-state index in [9.17, 15) is 19.3 Å². The maximum atomic E-state index is 13.7. The molecule has 0 bridgehead atoms. The zero-order valence-corrected chi connectivity index (χ0v) is 16.6. The maximum absolute atomic E-state index is 13.7. The Kier molecular flexibility index (Phi) is 5.77. The standard InChI is InChI=1S/C20H20FN5O4/c1-20(2,3)16-11-18(25(24-16)17-6-4-5-9-22-17)23-19(27)12-30-13-7-8-15(26(28)29)14(21)10-13/h4-11H,12H2,1-3H3,(H,23,27). The lowest BCUT2D eigenvalue weighted by Gasteiger charge is -2.13. The predicted octanol–water partition coefficient (Wildman–Crippen LogP) is 3.63. The predicted molar refractivity (Wildman–Crippen MR) is 107 cm³/mol. The molecule has 10 heteroatoms. The van der Waals surface area contributed by atoms with Gasteiger partial charge in [-0.2, -0.15) is 14.2 Å². The molecule has 0 saturated carbocycles. The average Bonchev–Trinajstić information content (AvgIpc) is 3.11. The number of amides is 1. The summed E-state index contributed by atoms with van der Waals surface area (Å²) in [6, 6.07) is 10.1. The summed E-state index contributed by atoms with van der Waals surface area (Å²) in [7, 11) is 0. The molecule has 0 radical (unpaired) electrons. The van der Waals surface area contributed by atoms with E-state index in [4.69, 9.17) is 4.74 Å². The minimum atomic E-state index is -1.04. The number of nitrogens with zero attached hydrogens (tertiary/aromatic N) is 4. The molecule has 2 heterocycles. The monoisotopic (exact) mass is 413 g/mol. The van der Waals surface area contributed by atoms with Crippen LogP contribution in [-0.2, 0) is 10.2 Å². The second-order valence-corrected chi connectivity index (χ2v) is 7.47. The smallest absolute Gasteiger partial charge is 0.305 e. The lowest BCUT2D eigenvalue weighted by molar-refractivity contribution is -0.387. The number of hydrogen-bond donors (Lipinski definition) is 1. The van der Waals surface area contributed by atoms with Gasteiger partial charge in [0.2, 0.25) is 5.82 Å². The van der Waals surface area contributed by atoms with E-state index < -0.39 is 28.9 Å². The molecule has 9 nitrogen and oxygen atoms in total. The number of nitrogens with one attached hydrogen (secondary N) is 1. The van der Waals surface area contributed by atoms with Gasteiger partial charge in [-0.15, -0.1) is 0 Å². The number of nitro groups is 1. The van der Waals surface area contributed by atoms with Crippen LogP contribution in [0.5, 0.6) is 5.75 Å². The van der Waals surface area contributed by atoms with Gasteiger partial charge >= 0.3 is 5.69 Å². The Hall–Kier alpha value is -3.82. The van der Waals surface area contributed by atoms with Gasteiger partial charge in [0.1, 0.15) is 11.6 Å². The van der Waals surface area contributed by atoms with E-state index in [1.54, 1.807) is 30.5 Å². The molecular weight excluding hydrogens is 393 g/mol. The fourth-order valence-corrected chi connectivity index (χ4v) is 2.54. The summed E-state index contributed by atoms with van der Waals surface area (Å²) < 4.78 is 20.5. The number of carbonyl (C=O) groups is 1. The van der Waals surface area contributed by atoms with Gasteiger partial charge in [0.15, 0.2) is 12.4 Å². The van der Waals surface area contributed by atoms with Crippen LogP contribution in [0.15, 0.2) is 48.7 Å². The number of ether oxygens (including phenoxy) is 1. The number of benzene rings is 1. The SMILES string of the molecule is CC(C)(C)c1cc(NC(=O)COc2ccc([N+](=O)[O-])c(F)c2)n(-c2ccccn2)n1. The minimum Gasteiger partial charge on any atom is -0.484 e. The highest BCUT2D eigenvalue weighted by Gasteiger charge is 2.22. The van der Waals surface area contributed by atoms with Gasteiger partial charge < -0.3 is 10.1 Å². The van der Waals surface area contributed by atoms with Crippen LogP contribution < -0.4 is 10.1 Å². The molecule has 0 spiro atoms. The number of hydrogen-bond acceptors (Lipinski definition) is 6. The fourth-order valence-electron chi connectivity index (χ4n) is 2.54. The lowest BCUT2D eigenvalue weighted by atomic mass is 9.92. The van der Waals surface area contributed by atoms with Crippen molar-refractivity contribution in [1.82, 2.24) is 14.8 Å². The fraction of sp³-hybridized carbons (Fsp3) is 0.250. The molecule has 3 aromatic rings. The first-order chi connectivity index (χ1) is 14.1. The van der Waals surface area contributed by atoms with Gasteiger partial charge in [0, 0.05) is 29.8 Å². The van der Waals surface area contributed by atoms with Crippen LogP contribution in [-0.4, -0.2) is 32.2 Å². The minimum absolute atomic E-state index is 0.00173. The van der Waals surface area contributed by atoms with Crippen LogP contribution >= 0.6 is 0 Å². The van der Waals surface area contributed by atoms with Crippen molar-refractivity contribution in [2.24, 2.45) is 0 Å². The molecule has 0 unspecified atom stereocenters. The third-order valence-electron chi connectivity index (χ3n) is 4.10. The Morgan fingerprint density at radius 1 is 1.27 bits per heavy atom. The van der Waals surface area contributed by atoms with Gasteiger partial charge in [-0.3, -0.25) is 14.9 Å². The number of halogens is 1. The number of anilines is 1. The summed E-state index contributed by atoms with van der Waals surface area (Å²) in [5.41, 5.74) is -0.172. The van der Waals surface area contributed by atoms with Crippen molar-refractivity contribution in [3.8, 4) is 11.6 Å². The summed E-state index contributed by atoms with van der Waals surface area (Å²) in [6.07, 6.45) is 1.62. The number of pyridine rings is 1. The van der Waals surface area contributed by atoms with E-state index in [2.05, 4.69) is 15.4 Å². The zero-order valence-electron chi connectivity index (χ0n) is 16.6. The van der Waals surface area contributed by atoms with Gasteiger partial charge in [0.25, 0.3) is 5.91 Å². The molecule has 0 fully saturated rings. The van der Waals surface area contributed by atoms with Gasteiger partial charge in [-0.25, -0.2) is 4.98 Å². The zero-order chi connectivity index (χ0) is 21.9. The van der Waals surface area contributed by atoms with Crippen LogP contribution in [0.4, 0.5) is 15.9 Å². The molecule has 30 heavy (non-hydrogen) atoms. The Labute approximate surface area is 171 Å². The molecule has 2 aromatic heterocycles. The number of carbonyl (C=O) groups excluding carboxylic acids is 1. The molecule has 0 aliphatic heterocycles. The number of rotatable bonds is 6. The molecule has 1 amide bonds. The molecule has 0 aliphatic rings. The topological polar surface area (TPSA) is 112 Å². The Morgan fingerprint density at radius 2 is 2.03 bits per heavy atom. The Morgan fingerprint density at radius 3 is 2.63 bits per heavy atom. The third kappa shape index (κ3) is 4.77. The highest BCUT2D eigenvalue weighted by molar-refractivity contribution is 5.91. The van der Waals surface area contributed by atoms with E-state index in [0.717, 1.165) is 17.8 Å². The van der Waals surface area contributed by atoms with Crippen molar-refractivity contribution in [2.45, 2.75) is 26.2 Å². The van der Waals surface area contributed by atoms with Gasteiger partial charge in [0.05, 0.1) is 10.6 Å². The van der Waals surface area contributed by atoms with Crippen LogP contribution in [0.1, 0.15) is 26.5 Å². The summed E-state index contributed by atoms with van der Waals surface area (Å²) in [5.74, 6) is -0.613. The summed E-state index contributed by atoms with van der Waals surface area (Å²) in [5, 5.41) is 17.9. The van der Waals surface area contributed by atoms with Crippen LogP contribution in [0, 0.1) is 15.9 Å². The average molecular weight is 413 g/mol. The largest absolute Gasteiger partial charge is 0.484 e. The van der Waals surface area contributed by atoms with Crippen molar-refractivity contribution in [1.29, 1.82) is 0 Å². The molecule has 0 saturated heterocycles. The first-order valence-electron chi connectivity index (χ1n) is 9.03. The molecule has 3 rings (SSSR count). The van der Waals surface area contributed by atoms with Crippen LogP contribution in [0.2, 0.25) is 0 Å². The molecule has 156 valence electrons. The first-order valence-corrected chi connectivity index (χ1v) is 9.03. The number of nitro benzene ring substituents is 1. The van der Waals surface area contributed by atoms with Crippen LogP contribution in [0.3, 0.4) is 0 Å².